The minimum absolute atomic E-state index is 0.0736. The lowest BCUT2D eigenvalue weighted by atomic mass is 10.0. The Morgan fingerprint density at radius 2 is 1.56 bits per heavy atom. The molecular weight excluding hydrogens is 426 g/mol. The third-order valence-electron chi connectivity index (χ3n) is 5.40. The summed E-state index contributed by atoms with van der Waals surface area (Å²) < 4.78 is 26.5. The van der Waals surface area contributed by atoms with E-state index in [1.807, 2.05) is 56.3 Å². The van der Waals surface area contributed by atoms with E-state index in [-0.39, 0.29) is 18.4 Å². The Labute approximate surface area is 191 Å². The van der Waals surface area contributed by atoms with Gasteiger partial charge in [0.25, 0.3) is 0 Å². The molecule has 0 saturated heterocycles. The second kappa shape index (κ2) is 11.1. The second-order valence-corrected chi connectivity index (χ2v) is 10.0. The summed E-state index contributed by atoms with van der Waals surface area (Å²) in [5.74, 6) is -0.662. The van der Waals surface area contributed by atoms with Gasteiger partial charge in [-0.2, -0.15) is 0 Å². The molecule has 2 rings (SSSR count). The van der Waals surface area contributed by atoms with E-state index in [0.29, 0.717) is 18.7 Å². The summed E-state index contributed by atoms with van der Waals surface area (Å²) in [6, 6.07) is 16.1. The maximum atomic E-state index is 13.4. The van der Waals surface area contributed by atoms with Gasteiger partial charge in [0.2, 0.25) is 21.8 Å². The van der Waals surface area contributed by atoms with Gasteiger partial charge in [-0.25, -0.2) is 8.42 Å². The topological polar surface area (TPSA) is 86.8 Å². The third kappa shape index (κ3) is 6.56. The van der Waals surface area contributed by atoms with Gasteiger partial charge in [0.1, 0.15) is 12.6 Å². The monoisotopic (exact) mass is 459 g/mol. The number of sulfonamides is 1. The number of nitrogens with one attached hydrogen (secondary N) is 1. The van der Waals surface area contributed by atoms with Crippen molar-refractivity contribution in [3.05, 3.63) is 65.7 Å². The fourth-order valence-electron chi connectivity index (χ4n) is 3.58. The first-order valence-corrected chi connectivity index (χ1v) is 12.5. The standard InChI is InChI=1S/C24H33N3O4S/c1-18(2)21-13-9-10-14-22(21)27(32(5,30)31)17-23(28)26(19(3)24(29)25-4)16-15-20-11-7-6-8-12-20/h6-14,18-19H,15-17H2,1-5H3,(H,25,29). The van der Waals surface area contributed by atoms with Crippen molar-refractivity contribution in [2.24, 2.45) is 0 Å². The summed E-state index contributed by atoms with van der Waals surface area (Å²) in [5.41, 5.74) is 2.34. The third-order valence-corrected chi connectivity index (χ3v) is 6.53. The lowest BCUT2D eigenvalue weighted by molar-refractivity contribution is -0.138. The molecule has 0 aliphatic heterocycles. The molecule has 0 aromatic heterocycles. The van der Waals surface area contributed by atoms with Gasteiger partial charge in [0.15, 0.2) is 0 Å². The predicted octanol–water partition coefficient (Wildman–Crippen LogP) is 2.78. The SMILES string of the molecule is CNC(=O)C(C)N(CCc1ccccc1)C(=O)CN(c1ccccc1C(C)C)S(C)(=O)=O. The van der Waals surface area contributed by atoms with Crippen molar-refractivity contribution in [1.82, 2.24) is 10.2 Å². The van der Waals surface area contributed by atoms with Crippen LogP contribution >= 0.6 is 0 Å². The highest BCUT2D eigenvalue weighted by molar-refractivity contribution is 7.92. The van der Waals surface area contributed by atoms with E-state index in [2.05, 4.69) is 5.32 Å². The van der Waals surface area contributed by atoms with Gasteiger partial charge >= 0.3 is 0 Å². The summed E-state index contributed by atoms with van der Waals surface area (Å²) in [6.07, 6.45) is 1.64. The van der Waals surface area contributed by atoms with Crippen LogP contribution in [0.15, 0.2) is 54.6 Å². The molecule has 1 atom stereocenters. The number of likely N-dealkylation sites (N-methyl/N-ethyl adjacent to an activating group) is 1. The lowest BCUT2D eigenvalue weighted by Gasteiger charge is -2.32. The Balaban J connectivity index is 2.36. The van der Waals surface area contributed by atoms with Gasteiger partial charge in [-0.3, -0.25) is 13.9 Å². The maximum Gasteiger partial charge on any atom is 0.244 e. The van der Waals surface area contributed by atoms with Gasteiger partial charge < -0.3 is 10.2 Å². The average Bonchev–Trinajstić information content (AvgIpc) is 2.76. The number of nitrogens with zero attached hydrogens (tertiary/aromatic N) is 2. The first-order chi connectivity index (χ1) is 15.1. The first kappa shape index (κ1) is 25.4. The molecule has 2 aromatic carbocycles. The van der Waals surface area contributed by atoms with E-state index in [9.17, 15) is 18.0 Å². The van der Waals surface area contributed by atoms with Crippen molar-refractivity contribution in [3.63, 3.8) is 0 Å². The van der Waals surface area contributed by atoms with Crippen LogP contribution in [0.2, 0.25) is 0 Å². The summed E-state index contributed by atoms with van der Waals surface area (Å²) in [4.78, 5) is 27.2. The maximum absolute atomic E-state index is 13.4. The molecule has 0 spiro atoms. The van der Waals surface area contributed by atoms with Crippen molar-refractivity contribution in [1.29, 1.82) is 0 Å². The van der Waals surface area contributed by atoms with Crippen LogP contribution in [-0.2, 0) is 26.0 Å². The Morgan fingerprint density at radius 1 is 0.969 bits per heavy atom. The van der Waals surface area contributed by atoms with Crippen LogP contribution in [0.3, 0.4) is 0 Å². The van der Waals surface area contributed by atoms with Gasteiger partial charge in [0, 0.05) is 13.6 Å². The normalized spacial score (nSPS) is 12.3. The molecule has 0 aliphatic rings. The van der Waals surface area contributed by atoms with Crippen molar-refractivity contribution in [2.75, 3.05) is 30.7 Å². The van der Waals surface area contributed by atoms with Gasteiger partial charge in [-0.15, -0.1) is 0 Å². The van der Waals surface area contributed by atoms with Crippen LogP contribution in [0.4, 0.5) is 5.69 Å². The molecule has 0 bridgehead atoms. The number of benzene rings is 2. The largest absolute Gasteiger partial charge is 0.357 e. The highest BCUT2D eigenvalue weighted by atomic mass is 32.2. The second-order valence-electron chi connectivity index (χ2n) is 8.10. The molecule has 2 aromatic rings. The number of hydrogen-bond donors (Lipinski definition) is 1. The summed E-state index contributed by atoms with van der Waals surface area (Å²) in [5, 5.41) is 2.57. The summed E-state index contributed by atoms with van der Waals surface area (Å²) in [7, 11) is -2.22. The molecule has 1 unspecified atom stereocenters. The number of para-hydroxylation sites is 1. The highest BCUT2D eigenvalue weighted by Gasteiger charge is 2.30. The minimum atomic E-state index is -3.74. The molecule has 0 aliphatic carbocycles. The molecule has 0 radical (unpaired) electrons. The molecule has 0 fully saturated rings. The van der Waals surface area contributed by atoms with Crippen LogP contribution < -0.4 is 9.62 Å². The van der Waals surface area contributed by atoms with Crippen molar-refractivity contribution >= 4 is 27.5 Å². The number of rotatable bonds is 10. The average molecular weight is 460 g/mol. The number of carbonyl (C=O) groups is 2. The molecule has 32 heavy (non-hydrogen) atoms. The van der Waals surface area contributed by atoms with Gasteiger partial charge in [0.05, 0.1) is 11.9 Å². The molecule has 1 N–H and O–H groups in total. The number of amides is 2. The molecule has 2 amide bonds. The number of hydrogen-bond acceptors (Lipinski definition) is 4. The minimum Gasteiger partial charge on any atom is -0.357 e. The lowest BCUT2D eigenvalue weighted by Crippen LogP contribution is -2.51. The van der Waals surface area contributed by atoms with Gasteiger partial charge in [-0.1, -0.05) is 62.4 Å². The molecule has 0 heterocycles. The van der Waals surface area contributed by atoms with Crippen LogP contribution in [-0.4, -0.2) is 57.6 Å². The zero-order valence-electron chi connectivity index (χ0n) is 19.4. The fourth-order valence-corrected chi connectivity index (χ4v) is 4.45. The Morgan fingerprint density at radius 3 is 2.12 bits per heavy atom. The van der Waals surface area contributed by atoms with Crippen LogP contribution in [0, 0.1) is 0 Å². The zero-order valence-corrected chi connectivity index (χ0v) is 20.2. The smallest absolute Gasteiger partial charge is 0.244 e. The van der Waals surface area contributed by atoms with Crippen LogP contribution in [0.25, 0.3) is 0 Å². The van der Waals surface area contributed by atoms with E-state index >= 15 is 0 Å². The predicted molar refractivity (Wildman–Crippen MR) is 128 cm³/mol. The van der Waals surface area contributed by atoms with Gasteiger partial charge in [-0.05, 0) is 36.5 Å². The molecule has 0 saturated carbocycles. The van der Waals surface area contributed by atoms with E-state index < -0.39 is 22.0 Å². The molecule has 7 nitrogen and oxygen atoms in total. The van der Waals surface area contributed by atoms with E-state index in [4.69, 9.17) is 0 Å². The molecular formula is C24H33N3O4S. The number of carbonyl (C=O) groups excluding carboxylic acids is 2. The van der Waals surface area contributed by atoms with E-state index in [0.717, 1.165) is 21.7 Å². The zero-order chi connectivity index (χ0) is 23.9. The molecule has 174 valence electrons. The number of anilines is 1. The van der Waals surface area contributed by atoms with E-state index in [1.165, 1.54) is 11.9 Å². The van der Waals surface area contributed by atoms with Crippen LogP contribution in [0.1, 0.15) is 37.8 Å². The first-order valence-electron chi connectivity index (χ1n) is 10.7. The summed E-state index contributed by atoms with van der Waals surface area (Å²) >= 11 is 0. The van der Waals surface area contributed by atoms with Crippen molar-refractivity contribution in [3.8, 4) is 0 Å². The fraction of sp³-hybridized carbons (Fsp3) is 0.417. The highest BCUT2D eigenvalue weighted by Crippen LogP contribution is 2.29. The Kier molecular flexibility index (Phi) is 8.83. The Hall–Kier alpha value is -2.87. The van der Waals surface area contributed by atoms with Crippen LogP contribution in [0.5, 0.6) is 0 Å². The van der Waals surface area contributed by atoms with Crippen molar-refractivity contribution in [2.45, 2.75) is 39.2 Å². The summed E-state index contributed by atoms with van der Waals surface area (Å²) in [6.45, 7) is 5.51. The van der Waals surface area contributed by atoms with Crippen molar-refractivity contribution < 1.29 is 18.0 Å². The Bertz CT molecular complexity index is 1020. The quantitative estimate of drug-likeness (QED) is 0.592. The molecule has 8 heteroatoms. The van der Waals surface area contributed by atoms with E-state index in [1.54, 1.807) is 19.1 Å².